The summed E-state index contributed by atoms with van der Waals surface area (Å²) in [7, 11) is 0. The van der Waals surface area contributed by atoms with E-state index >= 15 is 0 Å². The first kappa shape index (κ1) is 17.2. The van der Waals surface area contributed by atoms with E-state index in [-0.39, 0.29) is 12.6 Å². The van der Waals surface area contributed by atoms with Crippen molar-refractivity contribution in [1.82, 2.24) is 10.2 Å². The van der Waals surface area contributed by atoms with E-state index in [1.165, 1.54) is 31.5 Å². The van der Waals surface area contributed by atoms with Crippen molar-refractivity contribution in [3.63, 3.8) is 0 Å². The van der Waals surface area contributed by atoms with Gasteiger partial charge in [-0.2, -0.15) is 0 Å². The molecule has 2 fully saturated rings. The number of rotatable bonds is 7. The number of benzene rings is 1. The van der Waals surface area contributed by atoms with Gasteiger partial charge in [-0.25, -0.2) is 4.79 Å². The molecule has 1 aromatic rings. The maximum absolute atomic E-state index is 12.3. The van der Waals surface area contributed by atoms with Crippen LogP contribution in [0.2, 0.25) is 0 Å². The molecule has 0 radical (unpaired) electrons. The Kier molecular flexibility index (Phi) is 5.41. The number of urea groups is 1. The lowest BCUT2D eigenvalue weighted by atomic mass is 9.97. The molecule has 1 atom stereocenters. The average Bonchev–Trinajstić information content (AvgIpc) is 3.31. The summed E-state index contributed by atoms with van der Waals surface area (Å²) in [6, 6.07) is 7.81. The second-order valence-electron chi connectivity index (χ2n) is 7.43. The summed E-state index contributed by atoms with van der Waals surface area (Å²) in [6.07, 6.45) is 5.78. The predicted octanol–water partition coefficient (Wildman–Crippen LogP) is 2.61. The Morgan fingerprint density at radius 2 is 2.08 bits per heavy atom. The number of aliphatic hydroxyl groups excluding tert-OH is 1. The van der Waals surface area contributed by atoms with E-state index in [9.17, 15) is 9.90 Å². The molecule has 1 heterocycles. The van der Waals surface area contributed by atoms with Gasteiger partial charge in [0.2, 0.25) is 0 Å². The van der Waals surface area contributed by atoms with Crippen LogP contribution in [0.1, 0.15) is 38.2 Å². The topological polar surface area (TPSA) is 64.6 Å². The number of aliphatic hydroxyl groups is 1. The van der Waals surface area contributed by atoms with Crippen LogP contribution in [0.5, 0.6) is 0 Å². The molecule has 0 spiro atoms. The van der Waals surface area contributed by atoms with Crippen LogP contribution >= 0.6 is 0 Å². The number of hydrogen-bond donors (Lipinski definition) is 3. The zero-order chi connectivity index (χ0) is 17.0. The van der Waals surface area contributed by atoms with E-state index in [2.05, 4.69) is 21.6 Å². The van der Waals surface area contributed by atoms with Gasteiger partial charge in [0.15, 0.2) is 0 Å². The Balaban J connectivity index is 1.52. The average molecular weight is 331 g/mol. The second-order valence-corrected chi connectivity index (χ2v) is 7.43. The third kappa shape index (κ3) is 4.48. The summed E-state index contributed by atoms with van der Waals surface area (Å²) in [4.78, 5) is 14.8. The molecule has 5 heteroatoms. The number of anilines is 1. The minimum atomic E-state index is -0.516. The lowest BCUT2D eigenvalue weighted by Crippen LogP contribution is -2.52. The normalized spacial score (nSPS) is 20.6. The minimum Gasteiger partial charge on any atom is -0.394 e. The predicted molar refractivity (Wildman–Crippen MR) is 96.2 cm³/mol. The highest BCUT2D eigenvalue weighted by Gasteiger charge is 2.42. The van der Waals surface area contributed by atoms with Gasteiger partial charge in [0.1, 0.15) is 0 Å². The quantitative estimate of drug-likeness (QED) is 0.719. The Labute approximate surface area is 144 Å². The van der Waals surface area contributed by atoms with Gasteiger partial charge in [-0.15, -0.1) is 0 Å². The van der Waals surface area contributed by atoms with Gasteiger partial charge in [-0.3, -0.25) is 0 Å². The smallest absolute Gasteiger partial charge is 0.319 e. The van der Waals surface area contributed by atoms with Crippen LogP contribution < -0.4 is 10.6 Å². The molecular weight excluding hydrogens is 302 g/mol. The number of nitrogens with one attached hydrogen (secondary N) is 2. The molecule has 3 rings (SSSR count). The van der Waals surface area contributed by atoms with Crippen molar-refractivity contribution < 1.29 is 9.90 Å². The van der Waals surface area contributed by atoms with Crippen LogP contribution in [0.25, 0.3) is 0 Å². The fraction of sp³-hybridized carbons (Fsp3) is 0.632. The molecule has 1 aromatic carbocycles. The van der Waals surface area contributed by atoms with Gasteiger partial charge in [0, 0.05) is 12.2 Å². The highest BCUT2D eigenvalue weighted by molar-refractivity contribution is 5.89. The van der Waals surface area contributed by atoms with E-state index in [0.29, 0.717) is 5.92 Å². The maximum Gasteiger partial charge on any atom is 0.319 e. The van der Waals surface area contributed by atoms with E-state index in [0.717, 1.165) is 31.5 Å². The highest BCUT2D eigenvalue weighted by Crippen LogP contribution is 2.39. The fourth-order valence-electron chi connectivity index (χ4n) is 3.51. The Bertz CT molecular complexity index is 567. The molecule has 24 heavy (non-hydrogen) atoms. The minimum absolute atomic E-state index is 0.0268. The van der Waals surface area contributed by atoms with Crippen molar-refractivity contribution in [2.45, 2.75) is 44.6 Å². The first-order valence-corrected chi connectivity index (χ1v) is 9.10. The summed E-state index contributed by atoms with van der Waals surface area (Å²) in [6.45, 7) is 5.39. The molecular formula is C19H29N3O2. The van der Waals surface area contributed by atoms with Gasteiger partial charge in [0.25, 0.3) is 0 Å². The number of likely N-dealkylation sites (tertiary alicyclic amines) is 1. The molecule has 1 saturated heterocycles. The van der Waals surface area contributed by atoms with Crippen LogP contribution in [-0.4, -0.2) is 47.8 Å². The van der Waals surface area contributed by atoms with E-state index in [4.69, 9.17) is 0 Å². The van der Waals surface area contributed by atoms with Gasteiger partial charge in [0.05, 0.1) is 12.1 Å². The molecule has 132 valence electrons. The van der Waals surface area contributed by atoms with Crippen molar-refractivity contribution in [3.8, 4) is 0 Å². The van der Waals surface area contributed by atoms with E-state index in [1.807, 2.05) is 25.1 Å². The summed E-state index contributed by atoms with van der Waals surface area (Å²) in [5.41, 5.74) is 1.53. The Morgan fingerprint density at radius 1 is 1.33 bits per heavy atom. The summed E-state index contributed by atoms with van der Waals surface area (Å²) in [5, 5.41) is 15.4. The standard InChI is InChI=1S/C19H29N3O2/c1-19(14-23,16-7-8-16)21-18(24)20-17-6-4-5-15(13-17)9-12-22-10-2-3-11-22/h4-6,13,16,23H,2-3,7-12,14H2,1H3,(H2,20,21,24). The number of carbonyl (C=O) groups is 1. The van der Waals surface area contributed by atoms with Gasteiger partial charge in [-0.1, -0.05) is 12.1 Å². The lowest BCUT2D eigenvalue weighted by Gasteiger charge is -2.28. The first-order valence-electron chi connectivity index (χ1n) is 9.10. The van der Waals surface area contributed by atoms with Crippen molar-refractivity contribution in [2.24, 2.45) is 5.92 Å². The van der Waals surface area contributed by atoms with Crippen LogP contribution in [-0.2, 0) is 6.42 Å². The maximum atomic E-state index is 12.3. The third-order valence-corrected chi connectivity index (χ3v) is 5.31. The highest BCUT2D eigenvalue weighted by atomic mass is 16.3. The number of nitrogens with zero attached hydrogens (tertiary/aromatic N) is 1. The van der Waals surface area contributed by atoms with E-state index < -0.39 is 5.54 Å². The SMILES string of the molecule is CC(CO)(NC(=O)Nc1cccc(CCN2CCCC2)c1)C1CC1. The fourth-order valence-corrected chi connectivity index (χ4v) is 3.51. The number of hydrogen-bond acceptors (Lipinski definition) is 3. The molecule has 0 aromatic heterocycles. The van der Waals surface area contributed by atoms with Crippen molar-refractivity contribution in [2.75, 3.05) is 31.6 Å². The number of carbonyl (C=O) groups excluding carboxylic acids is 1. The monoisotopic (exact) mass is 331 g/mol. The number of amides is 2. The summed E-state index contributed by atoms with van der Waals surface area (Å²) >= 11 is 0. The lowest BCUT2D eigenvalue weighted by molar-refractivity contribution is 0.159. The van der Waals surface area contributed by atoms with Gasteiger partial charge < -0.3 is 20.6 Å². The zero-order valence-electron chi connectivity index (χ0n) is 14.6. The second kappa shape index (κ2) is 7.53. The molecule has 1 saturated carbocycles. The van der Waals surface area contributed by atoms with Gasteiger partial charge >= 0.3 is 6.03 Å². The molecule has 0 bridgehead atoms. The third-order valence-electron chi connectivity index (χ3n) is 5.31. The molecule has 1 aliphatic carbocycles. The molecule has 3 N–H and O–H groups in total. The van der Waals surface area contributed by atoms with E-state index in [1.54, 1.807) is 0 Å². The Hall–Kier alpha value is -1.59. The van der Waals surface area contributed by atoms with Crippen LogP contribution in [0, 0.1) is 5.92 Å². The Morgan fingerprint density at radius 3 is 2.75 bits per heavy atom. The zero-order valence-corrected chi connectivity index (χ0v) is 14.6. The van der Waals surface area contributed by atoms with Crippen LogP contribution in [0.3, 0.4) is 0 Å². The van der Waals surface area contributed by atoms with Crippen molar-refractivity contribution >= 4 is 11.7 Å². The van der Waals surface area contributed by atoms with Crippen molar-refractivity contribution in [3.05, 3.63) is 29.8 Å². The molecule has 1 unspecified atom stereocenters. The summed E-state index contributed by atoms with van der Waals surface area (Å²) < 4.78 is 0. The van der Waals surface area contributed by atoms with Crippen LogP contribution in [0.4, 0.5) is 10.5 Å². The van der Waals surface area contributed by atoms with Crippen LogP contribution in [0.15, 0.2) is 24.3 Å². The molecule has 5 nitrogen and oxygen atoms in total. The summed E-state index contributed by atoms with van der Waals surface area (Å²) in [5.74, 6) is 0.389. The van der Waals surface area contributed by atoms with Crippen molar-refractivity contribution in [1.29, 1.82) is 0 Å². The molecule has 1 aliphatic heterocycles. The van der Waals surface area contributed by atoms with Gasteiger partial charge in [-0.05, 0) is 75.7 Å². The first-order chi connectivity index (χ1) is 11.6. The molecule has 2 amide bonds. The largest absolute Gasteiger partial charge is 0.394 e. The molecule has 2 aliphatic rings.